The van der Waals surface area contributed by atoms with Gasteiger partial charge in [-0.15, -0.1) is 0 Å². The number of rotatable bonds is 2. The van der Waals surface area contributed by atoms with Crippen LogP contribution in [0, 0.1) is 0 Å². The topological polar surface area (TPSA) is 45.4 Å². The first-order valence-electron chi connectivity index (χ1n) is 4.34. The second-order valence-corrected chi connectivity index (χ2v) is 4.37. The number of furan rings is 1. The van der Waals surface area contributed by atoms with Crippen LogP contribution < -0.4 is 5.32 Å². The summed E-state index contributed by atoms with van der Waals surface area (Å²) in [5.74, 6) is 0. The van der Waals surface area contributed by atoms with Gasteiger partial charge >= 0.3 is 0 Å². The number of β-amino-alcohol motifs (C(OH)–C–C–N with tert-alkyl or cyclic N) is 1. The molecule has 3 nitrogen and oxygen atoms in total. The van der Waals surface area contributed by atoms with Crippen LogP contribution in [0.5, 0.6) is 0 Å². The van der Waals surface area contributed by atoms with Gasteiger partial charge in [0, 0.05) is 13.0 Å². The number of hydrogen-bond donors (Lipinski definition) is 2. The zero-order chi connectivity index (χ0) is 9.31. The first kappa shape index (κ1) is 9.24. The van der Waals surface area contributed by atoms with Gasteiger partial charge in [-0.1, -0.05) is 0 Å². The van der Waals surface area contributed by atoms with Crippen molar-refractivity contribution in [3.05, 3.63) is 22.6 Å². The Balaban J connectivity index is 2.04. The molecule has 1 aromatic rings. The van der Waals surface area contributed by atoms with Crippen molar-refractivity contribution in [3.63, 3.8) is 0 Å². The second kappa shape index (κ2) is 3.44. The van der Waals surface area contributed by atoms with E-state index in [9.17, 15) is 5.11 Å². The fourth-order valence-electron chi connectivity index (χ4n) is 1.70. The first-order chi connectivity index (χ1) is 6.18. The zero-order valence-corrected chi connectivity index (χ0v) is 8.80. The molecule has 0 aromatic carbocycles. The molecule has 2 heterocycles. The summed E-state index contributed by atoms with van der Waals surface area (Å²) in [5.41, 5.74) is 0.460. The second-order valence-electron chi connectivity index (χ2n) is 3.59. The molecule has 0 saturated carbocycles. The average Bonchev–Trinajstić information content (AvgIpc) is 2.62. The summed E-state index contributed by atoms with van der Waals surface area (Å²) in [7, 11) is 0. The van der Waals surface area contributed by atoms with Crippen molar-refractivity contribution in [2.24, 2.45) is 0 Å². The third kappa shape index (κ3) is 2.13. The molecule has 1 saturated heterocycles. The smallest absolute Gasteiger partial charge is 0.169 e. The summed E-state index contributed by atoms with van der Waals surface area (Å²) in [5, 5.41) is 13.2. The Labute approximate surface area is 85.3 Å². The molecule has 0 radical (unpaired) electrons. The predicted octanol–water partition coefficient (Wildman–Crippen LogP) is 1.31. The molecule has 0 bridgehead atoms. The summed E-state index contributed by atoms with van der Waals surface area (Å²) in [6.07, 6.45) is 3.16. The highest BCUT2D eigenvalue weighted by molar-refractivity contribution is 9.10. The standard InChI is InChI=1S/C9H12BrNO2/c10-8-3-7(5-13-8)4-9(12)1-2-11-6-9/h3,5,11-12H,1-2,4,6H2. The maximum absolute atomic E-state index is 10.0. The van der Waals surface area contributed by atoms with Crippen molar-refractivity contribution >= 4 is 15.9 Å². The van der Waals surface area contributed by atoms with Crippen molar-refractivity contribution in [1.82, 2.24) is 5.32 Å². The predicted molar refractivity (Wildman–Crippen MR) is 52.5 cm³/mol. The zero-order valence-electron chi connectivity index (χ0n) is 7.22. The molecule has 1 fully saturated rings. The molecule has 4 heteroatoms. The number of halogens is 1. The summed E-state index contributed by atoms with van der Waals surface area (Å²) >= 11 is 3.24. The average molecular weight is 246 g/mol. The minimum Gasteiger partial charge on any atom is -0.457 e. The third-order valence-corrected chi connectivity index (χ3v) is 2.79. The van der Waals surface area contributed by atoms with Gasteiger partial charge in [0.05, 0.1) is 11.9 Å². The van der Waals surface area contributed by atoms with E-state index >= 15 is 0 Å². The van der Waals surface area contributed by atoms with E-state index in [1.54, 1.807) is 6.26 Å². The van der Waals surface area contributed by atoms with E-state index in [0.29, 0.717) is 13.0 Å². The van der Waals surface area contributed by atoms with Gasteiger partial charge in [-0.05, 0) is 40.5 Å². The van der Waals surface area contributed by atoms with E-state index in [1.165, 1.54) is 0 Å². The van der Waals surface area contributed by atoms with E-state index in [2.05, 4.69) is 21.2 Å². The Morgan fingerprint density at radius 2 is 2.54 bits per heavy atom. The fourth-order valence-corrected chi connectivity index (χ4v) is 2.09. The van der Waals surface area contributed by atoms with E-state index in [1.807, 2.05) is 6.07 Å². The third-order valence-electron chi connectivity index (χ3n) is 2.38. The molecule has 2 rings (SSSR count). The summed E-state index contributed by atoms with van der Waals surface area (Å²) in [4.78, 5) is 0. The highest BCUT2D eigenvalue weighted by atomic mass is 79.9. The van der Waals surface area contributed by atoms with Crippen molar-refractivity contribution < 1.29 is 9.52 Å². The lowest BCUT2D eigenvalue weighted by atomic mass is 9.95. The quantitative estimate of drug-likeness (QED) is 0.826. The van der Waals surface area contributed by atoms with E-state index < -0.39 is 5.60 Å². The Kier molecular flexibility index (Phi) is 2.45. The fraction of sp³-hybridized carbons (Fsp3) is 0.556. The van der Waals surface area contributed by atoms with Crippen LogP contribution in [0.1, 0.15) is 12.0 Å². The van der Waals surface area contributed by atoms with E-state index in [0.717, 1.165) is 23.2 Å². The van der Waals surface area contributed by atoms with Crippen LogP contribution in [0.15, 0.2) is 21.4 Å². The van der Waals surface area contributed by atoms with Gasteiger partial charge in [0.2, 0.25) is 0 Å². The summed E-state index contributed by atoms with van der Waals surface area (Å²) in [6.45, 7) is 1.57. The molecule has 0 spiro atoms. The maximum Gasteiger partial charge on any atom is 0.169 e. The Bertz CT molecular complexity index is 292. The van der Waals surface area contributed by atoms with Crippen LogP contribution in [0.2, 0.25) is 0 Å². The van der Waals surface area contributed by atoms with Gasteiger partial charge in [0.15, 0.2) is 4.67 Å². The molecule has 1 aromatic heterocycles. The highest BCUT2D eigenvalue weighted by Gasteiger charge is 2.31. The van der Waals surface area contributed by atoms with Crippen LogP contribution in [0.25, 0.3) is 0 Å². The molecule has 1 atom stereocenters. The van der Waals surface area contributed by atoms with Gasteiger partial charge < -0.3 is 14.8 Å². The maximum atomic E-state index is 10.0. The largest absolute Gasteiger partial charge is 0.457 e. The van der Waals surface area contributed by atoms with Crippen molar-refractivity contribution in [2.75, 3.05) is 13.1 Å². The molecule has 0 amide bonds. The van der Waals surface area contributed by atoms with Crippen molar-refractivity contribution in [2.45, 2.75) is 18.4 Å². The molecule has 72 valence electrons. The van der Waals surface area contributed by atoms with Crippen LogP contribution in [-0.4, -0.2) is 23.8 Å². The minimum absolute atomic E-state index is 0.580. The normalized spacial score (nSPS) is 28.2. The highest BCUT2D eigenvalue weighted by Crippen LogP contribution is 2.23. The Hall–Kier alpha value is -0.320. The van der Waals surface area contributed by atoms with Crippen LogP contribution in [0.4, 0.5) is 0 Å². The van der Waals surface area contributed by atoms with E-state index in [-0.39, 0.29) is 0 Å². The van der Waals surface area contributed by atoms with E-state index in [4.69, 9.17) is 4.42 Å². The van der Waals surface area contributed by atoms with Gasteiger partial charge in [0.25, 0.3) is 0 Å². The first-order valence-corrected chi connectivity index (χ1v) is 5.13. The number of aliphatic hydroxyl groups is 1. The lowest BCUT2D eigenvalue weighted by Gasteiger charge is -2.19. The van der Waals surface area contributed by atoms with Crippen LogP contribution in [0.3, 0.4) is 0 Å². The number of nitrogens with one attached hydrogen (secondary N) is 1. The van der Waals surface area contributed by atoms with Gasteiger partial charge in [0.1, 0.15) is 0 Å². The molecular weight excluding hydrogens is 234 g/mol. The van der Waals surface area contributed by atoms with Crippen LogP contribution in [-0.2, 0) is 6.42 Å². The molecule has 1 unspecified atom stereocenters. The monoisotopic (exact) mass is 245 g/mol. The Morgan fingerprint density at radius 3 is 3.08 bits per heavy atom. The molecule has 1 aliphatic heterocycles. The Morgan fingerprint density at radius 1 is 1.69 bits per heavy atom. The molecule has 2 N–H and O–H groups in total. The summed E-state index contributed by atoms with van der Waals surface area (Å²) < 4.78 is 5.82. The van der Waals surface area contributed by atoms with Crippen LogP contribution >= 0.6 is 15.9 Å². The lowest BCUT2D eigenvalue weighted by molar-refractivity contribution is 0.0617. The van der Waals surface area contributed by atoms with Crippen molar-refractivity contribution in [1.29, 1.82) is 0 Å². The SMILES string of the molecule is OC1(Cc2coc(Br)c2)CCNC1. The lowest BCUT2D eigenvalue weighted by Crippen LogP contribution is -2.33. The van der Waals surface area contributed by atoms with Crippen molar-refractivity contribution in [3.8, 4) is 0 Å². The van der Waals surface area contributed by atoms with Gasteiger partial charge in [-0.2, -0.15) is 0 Å². The van der Waals surface area contributed by atoms with Gasteiger partial charge in [-0.25, -0.2) is 0 Å². The van der Waals surface area contributed by atoms with Gasteiger partial charge in [-0.3, -0.25) is 0 Å². The summed E-state index contributed by atoms with van der Waals surface area (Å²) in [6, 6.07) is 1.90. The number of hydrogen-bond acceptors (Lipinski definition) is 3. The minimum atomic E-state index is -0.580. The molecule has 1 aliphatic rings. The molecule has 0 aliphatic carbocycles. The molecular formula is C9H12BrNO2. The molecule has 13 heavy (non-hydrogen) atoms.